The van der Waals surface area contributed by atoms with Crippen molar-refractivity contribution >= 4 is 5.84 Å². The summed E-state index contributed by atoms with van der Waals surface area (Å²) in [5.74, 6) is 1.13. The molecule has 0 aliphatic rings. The second-order valence-electron chi connectivity index (χ2n) is 5.70. The molecule has 0 bridgehead atoms. The zero-order chi connectivity index (χ0) is 19.4. The van der Waals surface area contributed by atoms with Gasteiger partial charge in [-0.25, -0.2) is 0 Å². The van der Waals surface area contributed by atoms with Crippen LogP contribution in [-0.4, -0.2) is 17.4 Å². The van der Waals surface area contributed by atoms with Crippen LogP contribution in [0.25, 0.3) is 0 Å². The number of oxime groups is 1. The van der Waals surface area contributed by atoms with Crippen molar-refractivity contribution in [2.45, 2.75) is 88.0 Å². The van der Waals surface area contributed by atoms with Crippen LogP contribution in [-0.2, 0) is 4.84 Å². The van der Waals surface area contributed by atoms with Crippen LogP contribution >= 0.6 is 0 Å². The molecule has 140 valence electrons. The standard InChI is InChI=1S/C16H27N3O.2C2H6/c1-8-20-19-16(17)14-11(6)12(7)18-15(10(4)5)13(14)9(2)3;2*1-2/h9-10H,8H2,1-7H3,(H2,17,19);2*1-2H3. The van der Waals surface area contributed by atoms with Crippen LogP contribution < -0.4 is 5.73 Å². The molecule has 0 unspecified atom stereocenters. The van der Waals surface area contributed by atoms with Crippen LogP contribution in [0.3, 0.4) is 0 Å². The van der Waals surface area contributed by atoms with Gasteiger partial charge in [0.15, 0.2) is 5.84 Å². The second-order valence-corrected chi connectivity index (χ2v) is 5.70. The van der Waals surface area contributed by atoms with E-state index in [2.05, 4.69) is 32.9 Å². The molecule has 0 radical (unpaired) electrons. The molecule has 0 saturated heterocycles. The Morgan fingerprint density at radius 3 is 1.92 bits per heavy atom. The average Bonchev–Trinajstić information content (AvgIpc) is 2.57. The van der Waals surface area contributed by atoms with Gasteiger partial charge in [0.2, 0.25) is 0 Å². The van der Waals surface area contributed by atoms with Gasteiger partial charge in [0.25, 0.3) is 0 Å². The quantitative estimate of drug-likeness (QED) is 0.429. The number of hydrogen-bond acceptors (Lipinski definition) is 3. The number of amidine groups is 1. The molecule has 0 aliphatic carbocycles. The molecule has 0 amide bonds. The predicted molar refractivity (Wildman–Crippen MR) is 107 cm³/mol. The van der Waals surface area contributed by atoms with E-state index in [0.717, 1.165) is 22.5 Å². The van der Waals surface area contributed by atoms with Crippen molar-refractivity contribution in [2.75, 3.05) is 6.61 Å². The highest BCUT2D eigenvalue weighted by atomic mass is 16.6. The average molecular weight is 338 g/mol. The highest BCUT2D eigenvalue weighted by Gasteiger charge is 2.22. The van der Waals surface area contributed by atoms with Gasteiger partial charge in [0.05, 0.1) is 0 Å². The van der Waals surface area contributed by atoms with E-state index >= 15 is 0 Å². The Labute approximate surface area is 149 Å². The monoisotopic (exact) mass is 337 g/mol. The molecule has 24 heavy (non-hydrogen) atoms. The van der Waals surface area contributed by atoms with E-state index in [-0.39, 0.29) is 0 Å². The Morgan fingerprint density at radius 2 is 1.54 bits per heavy atom. The van der Waals surface area contributed by atoms with Crippen molar-refractivity contribution in [3.8, 4) is 0 Å². The summed E-state index contributed by atoms with van der Waals surface area (Å²) in [5, 5.41) is 4.02. The van der Waals surface area contributed by atoms with Crippen LogP contribution in [0.4, 0.5) is 0 Å². The maximum atomic E-state index is 6.16. The van der Waals surface area contributed by atoms with Gasteiger partial charge < -0.3 is 10.6 Å². The van der Waals surface area contributed by atoms with Gasteiger partial charge in [0, 0.05) is 17.0 Å². The first-order chi connectivity index (χ1) is 11.3. The summed E-state index contributed by atoms with van der Waals surface area (Å²) in [5.41, 5.74) is 11.5. The van der Waals surface area contributed by atoms with Gasteiger partial charge in [-0.15, -0.1) is 0 Å². The van der Waals surface area contributed by atoms with Gasteiger partial charge in [-0.2, -0.15) is 0 Å². The highest BCUT2D eigenvalue weighted by Crippen LogP contribution is 2.31. The maximum Gasteiger partial charge on any atom is 0.170 e. The molecule has 0 spiro atoms. The minimum absolute atomic E-state index is 0.338. The molecule has 1 aromatic rings. The van der Waals surface area contributed by atoms with E-state index in [1.807, 2.05) is 48.5 Å². The normalized spacial score (nSPS) is 10.8. The molecule has 0 atom stereocenters. The summed E-state index contributed by atoms with van der Waals surface area (Å²) in [6, 6.07) is 0. The molecule has 0 saturated carbocycles. The first-order valence-electron chi connectivity index (χ1n) is 9.27. The van der Waals surface area contributed by atoms with Gasteiger partial charge in [0.1, 0.15) is 6.61 Å². The fourth-order valence-electron chi connectivity index (χ4n) is 2.37. The molecule has 1 heterocycles. The van der Waals surface area contributed by atoms with Crippen LogP contribution in [0.5, 0.6) is 0 Å². The highest BCUT2D eigenvalue weighted by molar-refractivity contribution is 6.00. The van der Waals surface area contributed by atoms with Crippen LogP contribution in [0, 0.1) is 13.8 Å². The first-order valence-corrected chi connectivity index (χ1v) is 9.27. The Balaban J connectivity index is 0. The lowest BCUT2D eigenvalue weighted by molar-refractivity contribution is 0.158. The van der Waals surface area contributed by atoms with Crippen molar-refractivity contribution in [1.82, 2.24) is 4.98 Å². The number of nitrogens with two attached hydrogens (primary N) is 1. The van der Waals surface area contributed by atoms with Crippen LogP contribution in [0.2, 0.25) is 0 Å². The zero-order valence-corrected chi connectivity index (χ0v) is 17.7. The molecular weight excluding hydrogens is 298 g/mol. The summed E-state index contributed by atoms with van der Waals surface area (Å²) in [6.45, 7) is 23.1. The van der Waals surface area contributed by atoms with Crippen molar-refractivity contribution < 1.29 is 4.84 Å². The van der Waals surface area contributed by atoms with E-state index < -0.39 is 0 Å². The smallest absolute Gasteiger partial charge is 0.170 e. The maximum absolute atomic E-state index is 6.16. The molecule has 0 aromatic carbocycles. The minimum atomic E-state index is 0.338. The van der Waals surface area contributed by atoms with E-state index in [1.54, 1.807) is 0 Å². The second kappa shape index (κ2) is 12.8. The minimum Gasteiger partial charge on any atom is -0.394 e. The van der Waals surface area contributed by atoms with Crippen molar-refractivity contribution in [3.05, 3.63) is 28.1 Å². The number of pyridine rings is 1. The number of aryl methyl sites for hydroxylation is 1. The molecule has 4 heteroatoms. The molecule has 2 N–H and O–H groups in total. The Bertz CT molecular complexity index is 506. The summed E-state index contributed by atoms with van der Waals surface area (Å²) >= 11 is 0. The number of aromatic nitrogens is 1. The lowest BCUT2D eigenvalue weighted by atomic mass is 9.87. The Kier molecular flexibility index (Phi) is 13.2. The van der Waals surface area contributed by atoms with Crippen LogP contribution in [0.1, 0.15) is 102 Å². The van der Waals surface area contributed by atoms with Crippen molar-refractivity contribution in [1.29, 1.82) is 0 Å². The lowest BCUT2D eigenvalue weighted by Gasteiger charge is -2.22. The van der Waals surface area contributed by atoms with E-state index in [1.165, 1.54) is 5.56 Å². The third kappa shape index (κ3) is 6.50. The lowest BCUT2D eigenvalue weighted by Crippen LogP contribution is -2.22. The number of hydrogen-bond donors (Lipinski definition) is 1. The summed E-state index contributed by atoms with van der Waals surface area (Å²) in [7, 11) is 0. The number of nitrogens with zero attached hydrogens (tertiary/aromatic N) is 2. The molecule has 1 rings (SSSR count). The fourth-order valence-corrected chi connectivity index (χ4v) is 2.37. The topological polar surface area (TPSA) is 60.5 Å². The molecule has 0 aliphatic heterocycles. The first kappa shape index (κ1) is 24.7. The summed E-state index contributed by atoms with van der Waals surface area (Å²) < 4.78 is 0. The molecule has 4 nitrogen and oxygen atoms in total. The van der Waals surface area contributed by atoms with E-state index in [9.17, 15) is 0 Å². The molecule has 1 aromatic heterocycles. The Morgan fingerprint density at radius 1 is 1.04 bits per heavy atom. The van der Waals surface area contributed by atoms with Crippen molar-refractivity contribution in [3.63, 3.8) is 0 Å². The van der Waals surface area contributed by atoms with Gasteiger partial charge in [-0.05, 0) is 43.7 Å². The number of rotatable bonds is 5. The zero-order valence-electron chi connectivity index (χ0n) is 17.7. The third-order valence-electron chi connectivity index (χ3n) is 3.42. The van der Waals surface area contributed by atoms with E-state index in [4.69, 9.17) is 15.6 Å². The fraction of sp³-hybridized carbons (Fsp3) is 0.700. The molecule has 0 fully saturated rings. The van der Waals surface area contributed by atoms with E-state index in [0.29, 0.717) is 24.3 Å². The summed E-state index contributed by atoms with van der Waals surface area (Å²) in [4.78, 5) is 9.89. The largest absolute Gasteiger partial charge is 0.394 e. The Hall–Kier alpha value is -1.58. The van der Waals surface area contributed by atoms with Gasteiger partial charge in [-0.1, -0.05) is 60.5 Å². The van der Waals surface area contributed by atoms with Crippen molar-refractivity contribution in [2.24, 2.45) is 10.9 Å². The van der Waals surface area contributed by atoms with Gasteiger partial charge >= 0.3 is 0 Å². The predicted octanol–water partition coefficient (Wildman–Crippen LogP) is 5.65. The van der Waals surface area contributed by atoms with Gasteiger partial charge in [-0.3, -0.25) is 4.98 Å². The third-order valence-corrected chi connectivity index (χ3v) is 3.42. The SMILES string of the molecule is CC.CC.CCO/N=C(\N)c1c(C)c(C)nc(C(C)C)c1C(C)C. The molecular formula is C20H39N3O. The summed E-state index contributed by atoms with van der Waals surface area (Å²) in [6.07, 6.45) is 0. The van der Waals surface area contributed by atoms with Crippen LogP contribution in [0.15, 0.2) is 5.16 Å².